The van der Waals surface area contributed by atoms with Gasteiger partial charge in [-0.3, -0.25) is 4.79 Å². The van der Waals surface area contributed by atoms with Gasteiger partial charge in [0.2, 0.25) is 5.91 Å². The predicted octanol–water partition coefficient (Wildman–Crippen LogP) is 1.15. The highest BCUT2D eigenvalue weighted by atomic mass is 16.2. The Labute approximate surface area is 81.3 Å². The average molecular weight is 186 g/mol. The summed E-state index contributed by atoms with van der Waals surface area (Å²) >= 11 is 0. The van der Waals surface area contributed by atoms with E-state index in [1.165, 1.54) is 0 Å². The van der Waals surface area contributed by atoms with E-state index < -0.39 is 0 Å². The minimum Gasteiger partial charge on any atom is -0.358 e. The average Bonchev–Trinajstić information content (AvgIpc) is 2.13. The SMILES string of the molecule is CCC(C)(C)CNC(C)C(=O)NC. The first-order valence-electron chi connectivity index (χ1n) is 4.88. The molecule has 0 fully saturated rings. The van der Waals surface area contributed by atoms with Crippen LogP contribution in [-0.2, 0) is 4.79 Å². The zero-order valence-corrected chi connectivity index (χ0v) is 9.40. The predicted molar refractivity (Wildman–Crippen MR) is 55.6 cm³/mol. The highest BCUT2D eigenvalue weighted by molar-refractivity contribution is 5.80. The third-order valence-electron chi connectivity index (χ3n) is 2.48. The van der Waals surface area contributed by atoms with Crippen molar-refractivity contribution in [1.82, 2.24) is 10.6 Å². The summed E-state index contributed by atoms with van der Waals surface area (Å²) in [7, 11) is 1.66. The van der Waals surface area contributed by atoms with Gasteiger partial charge in [-0.25, -0.2) is 0 Å². The fourth-order valence-electron chi connectivity index (χ4n) is 0.864. The molecule has 0 saturated carbocycles. The van der Waals surface area contributed by atoms with Gasteiger partial charge >= 0.3 is 0 Å². The molecule has 0 aliphatic rings. The number of amides is 1. The molecule has 13 heavy (non-hydrogen) atoms. The lowest BCUT2D eigenvalue weighted by atomic mass is 9.90. The second-order valence-electron chi connectivity index (χ2n) is 4.23. The zero-order valence-electron chi connectivity index (χ0n) is 9.40. The van der Waals surface area contributed by atoms with Gasteiger partial charge in [0.05, 0.1) is 6.04 Å². The Morgan fingerprint density at radius 3 is 2.38 bits per heavy atom. The smallest absolute Gasteiger partial charge is 0.236 e. The summed E-state index contributed by atoms with van der Waals surface area (Å²) in [6, 6.07) is -0.101. The molecule has 0 spiro atoms. The van der Waals surface area contributed by atoms with E-state index in [4.69, 9.17) is 0 Å². The van der Waals surface area contributed by atoms with Crippen molar-refractivity contribution in [3.63, 3.8) is 0 Å². The quantitative estimate of drug-likeness (QED) is 0.676. The summed E-state index contributed by atoms with van der Waals surface area (Å²) in [6.07, 6.45) is 1.11. The first-order chi connectivity index (χ1) is 5.93. The maximum atomic E-state index is 11.1. The number of nitrogens with one attached hydrogen (secondary N) is 2. The molecule has 0 aromatic rings. The van der Waals surface area contributed by atoms with Crippen LogP contribution in [0.5, 0.6) is 0 Å². The van der Waals surface area contributed by atoms with Gasteiger partial charge < -0.3 is 10.6 Å². The second kappa shape index (κ2) is 5.22. The Hall–Kier alpha value is -0.570. The molecule has 0 radical (unpaired) electrons. The van der Waals surface area contributed by atoms with Crippen LogP contribution in [0, 0.1) is 5.41 Å². The molecule has 0 aliphatic carbocycles. The molecule has 0 aromatic carbocycles. The third-order valence-corrected chi connectivity index (χ3v) is 2.48. The van der Waals surface area contributed by atoms with E-state index in [-0.39, 0.29) is 17.4 Å². The van der Waals surface area contributed by atoms with Crippen molar-refractivity contribution in [3.05, 3.63) is 0 Å². The summed E-state index contributed by atoms with van der Waals surface area (Å²) in [5, 5.41) is 5.83. The summed E-state index contributed by atoms with van der Waals surface area (Å²) in [5.74, 6) is 0.0481. The maximum absolute atomic E-state index is 11.1. The summed E-state index contributed by atoms with van der Waals surface area (Å²) in [6.45, 7) is 9.29. The lowest BCUT2D eigenvalue weighted by Gasteiger charge is -2.25. The van der Waals surface area contributed by atoms with Crippen LogP contribution in [-0.4, -0.2) is 25.5 Å². The van der Waals surface area contributed by atoms with Crippen LogP contribution in [0.3, 0.4) is 0 Å². The van der Waals surface area contributed by atoms with Gasteiger partial charge in [-0.15, -0.1) is 0 Å². The lowest BCUT2D eigenvalue weighted by molar-refractivity contribution is -0.122. The molecule has 0 saturated heterocycles. The van der Waals surface area contributed by atoms with Gasteiger partial charge in [0.15, 0.2) is 0 Å². The normalized spacial score (nSPS) is 13.9. The summed E-state index contributed by atoms with van der Waals surface area (Å²) < 4.78 is 0. The van der Waals surface area contributed by atoms with E-state index >= 15 is 0 Å². The highest BCUT2D eigenvalue weighted by Gasteiger charge is 2.17. The minimum atomic E-state index is -0.101. The molecule has 3 nitrogen and oxygen atoms in total. The third kappa shape index (κ3) is 4.88. The van der Waals surface area contributed by atoms with Crippen molar-refractivity contribution in [2.75, 3.05) is 13.6 Å². The van der Waals surface area contributed by atoms with Crippen LogP contribution in [0.2, 0.25) is 0 Å². The Balaban J connectivity index is 3.82. The molecule has 3 heteroatoms. The lowest BCUT2D eigenvalue weighted by Crippen LogP contribution is -2.44. The van der Waals surface area contributed by atoms with Crippen molar-refractivity contribution in [2.24, 2.45) is 5.41 Å². The van der Waals surface area contributed by atoms with Crippen molar-refractivity contribution < 1.29 is 4.79 Å². The van der Waals surface area contributed by atoms with E-state index in [1.54, 1.807) is 7.05 Å². The fraction of sp³-hybridized carbons (Fsp3) is 0.900. The van der Waals surface area contributed by atoms with Gasteiger partial charge in [0.1, 0.15) is 0 Å². The fourth-order valence-corrected chi connectivity index (χ4v) is 0.864. The minimum absolute atomic E-state index is 0.0481. The van der Waals surface area contributed by atoms with E-state index in [0.29, 0.717) is 0 Å². The molecule has 2 N–H and O–H groups in total. The van der Waals surface area contributed by atoms with Gasteiger partial charge in [-0.2, -0.15) is 0 Å². The first-order valence-corrected chi connectivity index (χ1v) is 4.88. The van der Waals surface area contributed by atoms with Crippen molar-refractivity contribution in [3.8, 4) is 0 Å². The molecular weight excluding hydrogens is 164 g/mol. The van der Waals surface area contributed by atoms with E-state index in [2.05, 4.69) is 31.4 Å². The van der Waals surface area contributed by atoms with E-state index in [1.807, 2.05) is 6.92 Å². The van der Waals surface area contributed by atoms with Crippen LogP contribution in [0.1, 0.15) is 34.1 Å². The van der Waals surface area contributed by atoms with Crippen LogP contribution < -0.4 is 10.6 Å². The Kier molecular flexibility index (Phi) is 4.99. The largest absolute Gasteiger partial charge is 0.358 e. The van der Waals surface area contributed by atoms with Crippen molar-refractivity contribution in [1.29, 1.82) is 0 Å². The number of hydrogen-bond acceptors (Lipinski definition) is 2. The van der Waals surface area contributed by atoms with Gasteiger partial charge in [0, 0.05) is 13.6 Å². The maximum Gasteiger partial charge on any atom is 0.236 e. The van der Waals surface area contributed by atoms with Crippen LogP contribution >= 0.6 is 0 Å². The number of hydrogen-bond donors (Lipinski definition) is 2. The van der Waals surface area contributed by atoms with Crippen LogP contribution in [0.25, 0.3) is 0 Å². The monoisotopic (exact) mass is 186 g/mol. The first kappa shape index (κ1) is 12.4. The van der Waals surface area contributed by atoms with Crippen LogP contribution in [0.4, 0.5) is 0 Å². The van der Waals surface area contributed by atoms with E-state index in [9.17, 15) is 4.79 Å². The molecule has 0 heterocycles. The van der Waals surface area contributed by atoms with Gasteiger partial charge in [-0.1, -0.05) is 20.8 Å². The number of likely N-dealkylation sites (N-methyl/N-ethyl adjacent to an activating group) is 1. The van der Waals surface area contributed by atoms with Gasteiger partial charge in [-0.05, 0) is 18.8 Å². The number of carbonyl (C=O) groups is 1. The standard InChI is InChI=1S/C10H22N2O/c1-6-10(3,4)7-12-8(2)9(13)11-5/h8,12H,6-7H2,1-5H3,(H,11,13). The molecule has 0 aliphatic heterocycles. The number of rotatable bonds is 5. The molecule has 1 amide bonds. The topological polar surface area (TPSA) is 41.1 Å². The molecule has 0 bridgehead atoms. The Morgan fingerprint density at radius 1 is 1.46 bits per heavy atom. The molecular formula is C10H22N2O. The summed E-state index contributed by atoms with van der Waals surface area (Å²) in [4.78, 5) is 11.1. The molecule has 0 aromatic heterocycles. The van der Waals surface area contributed by atoms with Crippen molar-refractivity contribution >= 4 is 5.91 Å². The second-order valence-corrected chi connectivity index (χ2v) is 4.23. The van der Waals surface area contributed by atoms with Crippen LogP contribution in [0.15, 0.2) is 0 Å². The van der Waals surface area contributed by atoms with E-state index in [0.717, 1.165) is 13.0 Å². The number of carbonyl (C=O) groups excluding carboxylic acids is 1. The molecule has 1 unspecified atom stereocenters. The molecule has 1 atom stereocenters. The van der Waals surface area contributed by atoms with Crippen molar-refractivity contribution in [2.45, 2.75) is 40.2 Å². The summed E-state index contributed by atoms with van der Waals surface area (Å²) in [5.41, 5.74) is 0.266. The molecule has 0 rings (SSSR count). The van der Waals surface area contributed by atoms with Gasteiger partial charge in [0.25, 0.3) is 0 Å². The Morgan fingerprint density at radius 2 is 2.00 bits per heavy atom. The highest BCUT2D eigenvalue weighted by Crippen LogP contribution is 2.17. The molecule has 78 valence electrons. The zero-order chi connectivity index (χ0) is 10.5. The Bertz CT molecular complexity index is 166.